The van der Waals surface area contributed by atoms with Crippen molar-refractivity contribution in [1.29, 1.82) is 0 Å². The van der Waals surface area contributed by atoms with Crippen LogP contribution in [0.15, 0.2) is 29.8 Å². The second kappa shape index (κ2) is 6.44. The van der Waals surface area contributed by atoms with Crippen molar-refractivity contribution in [3.63, 3.8) is 0 Å². The summed E-state index contributed by atoms with van der Waals surface area (Å²) in [6.07, 6.45) is 1.58. The highest BCUT2D eigenvalue weighted by Crippen LogP contribution is 2.20. The second-order valence-electron chi connectivity index (χ2n) is 3.75. The number of rotatable bonds is 5. The summed E-state index contributed by atoms with van der Waals surface area (Å²) in [6, 6.07) is 4.90. The molecule has 2 aromatic heterocycles. The Morgan fingerprint density at radius 2 is 2.35 bits per heavy atom. The molecule has 2 heterocycles. The highest BCUT2D eigenvalue weighted by atomic mass is 35.5. The number of hydrogen-bond donors (Lipinski definition) is 0. The van der Waals surface area contributed by atoms with Crippen LogP contribution in [-0.4, -0.2) is 22.5 Å². The zero-order valence-corrected chi connectivity index (χ0v) is 11.7. The van der Waals surface area contributed by atoms with E-state index in [0.717, 1.165) is 17.1 Å². The lowest BCUT2D eigenvalue weighted by atomic mass is 10.2. The van der Waals surface area contributed by atoms with Crippen molar-refractivity contribution in [3.8, 4) is 0 Å². The number of halogens is 1. The minimum absolute atomic E-state index is 0.105. The minimum atomic E-state index is -0.720. The largest absolute Gasteiger partial charge is 0.462 e. The third kappa shape index (κ3) is 3.52. The highest BCUT2D eigenvalue weighted by Gasteiger charge is 2.18. The summed E-state index contributed by atoms with van der Waals surface area (Å²) in [6.45, 7) is 0.179. The average molecular weight is 313 g/mol. The Morgan fingerprint density at radius 3 is 3.00 bits per heavy atom. The van der Waals surface area contributed by atoms with E-state index in [9.17, 15) is 14.9 Å². The fourth-order valence-electron chi connectivity index (χ4n) is 1.46. The van der Waals surface area contributed by atoms with Crippen molar-refractivity contribution in [2.75, 3.05) is 6.61 Å². The molecule has 20 heavy (non-hydrogen) atoms. The summed E-state index contributed by atoms with van der Waals surface area (Å²) >= 11 is 7.30. The van der Waals surface area contributed by atoms with Gasteiger partial charge >= 0.3 is 5.97 Å². The van der Waals surface area contributed by atoms with Crippen LogP contribution in [0.1, 0.15) is 15.2 Å². The third-order valence-corrected chi connectivity index (χ3v) is 3.65. The molecule has 0 N–H and O–H groups in total. The first kappa shape index (κ1) is 14.4. The first-order valence-corrected chi connectivity index (χ1v) is 6.83. The Kier molecular flexibility index (Phi) is 4.65. The standard InChI is InChI=1S/C12H9ClN2O4S/c13-11-10(6-8(7-14-11)15(17)18)12(16)19-4-3-9-2-1-5-20-9/h1-2,5-7H,3-4H2. The van der Waals surface area contributed by atoms with Gasteiger partial charge < -0.3 is 4.74 Å². The number of aromatic nitrogens is 1. The van der Waals surface area contributed by atoms with Crippen molar-refractivity contribution in [2.45, 2.75) is 6.42 Å². The molecule has 0 aliphatic carbocycles. The van der Waals surface area contributed by atoms with Crippen molar-refractivity contribution in [1.82, 2.24) is 4.98 Å². The van der Waals surface area contributed by atoms with Crippen LogP contribution in [0.3, 0.4) is 0 Å². The van der Waals surface area contributed by atoms with E-state index < -0.39 is 10.9 Å². The summed E-state index contributed by atoms with van der Waals surface area (Å²) in [4.78, 5) is 26.5. The Hall–Kier alpha value is -1.99. The lowest BCUT2D eigenvalue weighted by Crippen LogP contribution is -2.09. The maximum Gasteiger partial charge on any atom is 0.341 e. The number of thiophene rings is 1. The van der Waals surface area contributed by atoms with Crippen LogP contribution in [0.2, 0.25) is 5.15 Å². The number of carbonyl (C=O) groups excluding carboxylic acids is 1. The average Bonchev–Trinajstić information content (AvgIpc) is 2.92. The van der Waals surface area contributed by atoms with Crippen molar-refractivity contribution in [3.05, 3.63) is 55.5 Å². The predicted octanol–water partition coefficient (Wildman–Crippen LogP) is 3.10. The number of pyridine rings is 1. The van der Waals surface area contributed by atoms with E-state index in [4.69, 9.17) is 16.3 Å². The number of hydrogen-bond acceptors (Lipinski definition) is 6. The summed E-state index contributed by atoms with van der Waals surface area (Å²) in [5, 5.41) is 12.4. The second-order valence-corrected chi connectivity index (χ2v) is 5.14. The Balaban J connectivity index is 2.01. The lowest BCUT2D eigenvalue weighted by molar-refractivity contribution is -0.385. The quantitative estimate of drug-likeness (QED) is 0.366. The Labute approximate surface area is 123 Å². The van der Waals surface area contributed by atoms with E-state index in [1.54, 1.807) is 11.3 Å². The van der Waals surface area contributed by atoms with Crippen molar-refractivity contribution < 1.29 is 14.5 Å². The van der Waals surface area contributed by atoms with E-state index in [1.807, 2.05) is 17.5 Å². The van der Waals surface area contributed by atoms with Gasteiger partial charge in [-0.1, -0.05) is 17.7 Å². The molecule has 0 bridgehead atoms. The molecule has 8 heteroatoms. The SMILES string of the molecule is O=C(OCCc1cccs1)c1cc([N+](=O)[O-])cnc1Cl. The van der Waals surface area contributed by atoms with E-state index >= 15 is 0 Å². The monoisotopic (exact) mass is 312 g/mol. The maximum absolute atomic E-state index is 11.8. The van der Waals surface area contributed by atoms with Gasteiger partial charge in [-0.3, -0.25) is 10.1 Å². The van der Waals surface area contributed by atoms with E-state index in [0.29, 0.717) is 6.42 Å². The first-order valence-electron chi connectivity index (χ1n) is 5.57. The van der Waals surface area contributed by atoms with Gasteiger partial charge in [0.1, 0.15) is 16.9 Å². The van der Waals surface area contributed by atoms with Crippen molar-refractivity contribution >= 4 is 34.6 Å². The van der Waals surface area contributed by atoms with Crippen LogP contribution < -0.4 is 0 Å². The first-order chi connectivity index (χ1) is 9.58. The van der Waals surface area contributed by atoms with E-state index in [2.05, 4.69) is 4.98 Å². The molecule has 0 spiro atoms. The molecule has 104 valence electrons. The number of nitrogens with zero attached hydrogens (tertiary/aromatic N) is 2. The van der Waals surface area contributed by atoms with Crippen LogP contribution >= 0.6 is 22.9 Å². The molecule has 0 aliphatic rings. The van der Waals surface area contributed by atoms with Gasteiger partial charge in [0.05, 0.1) is 11.5 Å². The summed E-state index contributed by atoms with van der Waals surface area (Å²) in [5.74, 6) is -0.720. The highest BCUT2D eigenvalue weighted by molar-refractivity contribution is 7.09. The van der Waals surface area contributed by atoms with Crippen LogP contribution in [-0.2, 0) is 11.2 Å². The molecule has 2 rings (SSSR count). The molecule has 0 unspecified atom stereocenters. The number of carbonyl (C=O) groups is 1. The molecule has 0 saturated carbocycles. The van der Waals surface area contributed by atoms with Gasteiger partial charge in [-0.05, 0) is 11.4 Å². The fourth-order valence-corrected chi connectivity index (χ4v) is 2.33. The molecule has 2 aromatic rings. The normalized spacial score (nSPS) is 10.2. The topological polar surface area (TPSA) is 82.3 Å². The molecule has 0 atom stereocenters. The molecule has 0 saturated heterocycles. The van der Waals surface area contributed by atoms with Gasteiger partial charge in [-0.25, -0.2) is 9.78 Å². The van der Waals surface area contributed by atoms with Gasteiger partial charge in [0, 0.05) is 17.4 Å². The maximum atomic E-state index is 11.8. The third-order valence-electron chi connectivity index (χ3n) is 2.42. The minimum Gasteiger partial charge on any atom is -0.462 e. The summed E-state index contributed by atoms with van der Waals surface area (Å²) in [7, 11) is 0. The van der Waals surface area contributed by atoms with Gasteiger partial charge in [0.25, 0.3) is 5.69 Å². The molecule has 0 fully saturated rings. The van der Waals surface area contributed by atoms with Gasteiger partial charge in [-0.2, -0.15) is 0 Å². The van der Waals surface area contributed by atoms with E-state index in [-0.39, 0.29) is 23.0 Å². The molecule has 6 nitrogen and oxygen atoms in total. The van der Waals surface area contributed by atoms with Gasteiger partial charge in [-0.15, -0.1) is 11.3 Å². The van der Waals surface area contributed by atoms with Crippen LogP contribution in [0, 0.1) is 10.1 Å². The smallest absolute Gasteiger partial charge is 0.341 e. The van der Waals surface area contributed by atoms with Crippen LogP contribution in [0.4, 0.5) is 5.69 Å². The molecule has 0 aliphatic heterocycles. The van der Waals surface area contributed by atoms with E-state index in [1.165, 1.54) is 0 Å². The zero-order chi connectivity index (χ0) is 14.5. The Morgan fingerprint density at radius 1 is 1.55 bits per heavy atom. The Bertz CT molecular complexity index is 630. The zero-order valence-electron chi connectivity index (χ0n) is 10.1. The number of esters is 1. The molecule has 0 amide bonds. The van der Waals surface area contributed by atoms with Gasteiger partial charge in [0.15, 0.2) is 0 Å². The van der Waals surface area contributed by atoms with Crippen molar-refractivity contribution in [2.24, 2.45) is 0 Å². The molecule has 0 radical (unpaired) electrons. The van der Waals surface area contributed by atoms with Crippen LogP contribution in [0.25, 0.3) is 0 Å². The molecule has 0 aromatic carbocycles. The summed E-state index contributed by atoms with van der Waals surface area (Å²) < 4.78 is 5.04. The molecular weight excluding hydrogens is 304 g/mol. The van der Waals surface area contributed by atoms with Crippen LogP contribution in [0.5, 0.6) is 0 Å². The van der Waals surface area contributed by atoms with Gasteiger partial charge in [0.2, 0.25) is 0 Å². The summed E-state index contributed by atoms with van der Waals surface area (Å²) in [5.41, 5.74) is -0.411. The lowest BCUT2D eigenvalue weighted by Gasteiger charge is -2.05. The fraction of sp³-hybridized carbons (Fsp3) is 0.167. The molecular formula is C12H9ClN2O4S. The number of ether oxygens (including phenoxy) is 1. The number of nitro groups is 1. The predicted molar refractivity (Wildman–Crippen MR) is 74.2 cm³/mol.